The maximum atomic E-state index is 6.59. The first-order chi connectivity index (χ1) is 61.5. The molecule has 12 nitrogen and oxygen atoms in total. The maximum absolute atomic E-state index is 6.59. The molecular weight excluding hydrogens is 1530 g/mol. The van der Waals surface area contributed by atoms with Crippen LogP contribution >= 0.6 is 0 Å². The van der Waals surface area contributed by atoms with Crippen LogP contribution in [0.15, 0.2) is 413 Å². The second-order valence-corrected chi connectivity index (χ2v) is 32.0. The average Bonchev–Trinajstić information content (AvgIpc) is 1.54. The first kappa shape index (κ1) is 68.0. The molecule has 0 saturated heterocycles. The van der Waals surface area contributed by atoms with Gasteiger partial charge in [-0.1, -0.05) is 273 Å². The largest absolute Gasteiger partial charge is 0.456 e. The van der Waals surface area contributed by atoms with Crippen molar-refractivity contribution in [2.75, 3.05) is 0 Å². The van der Waals surface area contributed by atoms with Crippen molar-refractivity contribution in [3.05, 3.63) is 382 Å². The van der Waals surface area contributed by atoms with Gasteiger partial charge in [-0.3, -0.25) is 4.57 Å². The molecule has 0 aliphatic carbocycles. The molecule has 0 aliphatic heterocycles. The average molecular weight is 1590 g/mol. The van der Waals surface area contributed by atoms with Gasteiger partial charge in [-0.05, 0) is 164 Å². The molecule has 11 aromatic heterocycles. The van der Waals surface area contributed by atoms with Crippen molar-refractivity contribution >= 4 is 219 Å². The lowest BCUT2D eigenvalue weighted by Gasteiger charge is -2.19. The predicted molar refractivity (Wildman–Crippen MR) is 505 cm³/mol. The smallest absolute Gasteiger partial charge is 0.236 e. The highest BCUT2D eigenvalue weighted by molar-refractivity contribution is 6.28. The maximum Gasteiger partial charge on any atom is 0.236 e. The Morgan fingerprint density at radius 2 is 0.565 bits per heavy atom. The van der Waals surface area contributed by atoms with Gasteiger partial charge in [0.25, 0.3) is 0 Å². The Kier molecular flexibility index (Phi) is 14.4. The second-order valence-electron chi connectivity index (χ2n) is 32.0. The molecule has 29 aromatic rings. The number of aromatic nitrogens is 5. The van der Waals surface area contributed by atoms with Crippen LogP contribution in [0.1, 0.15) is 0 Å². The lowest BCUT2D eigenvalue weighted by Crippen LogP contribution is -2.03. The lowest BCUT2D eigenvalue weighted by atomic mass is 9.89. The fourth-order valence-corrected chi connectivity index (χ4v) is 19.8. The molecule has 0 spiro atoms. The van der Waals surface area contributed by atoms with Crippen molar-refractivity contribution in [2.45, 2.75) is 0 Å². The highest BCUT2D eigenvalue weighted by atomic mass is 16.4. The van der Waals surface area contributed by atoms with Crippen LogP contribution < -0.4 is 0 Å². The summed E-state index contributed by atoms with van der Waals surface area (Å²) in [6.45, 7) is 0. The number of furan rings is 7. The van der Waals surface area contributed by atoms with Crippen LogP contribution in [0.2, 0.25) is 0 Å². The highest BCUT2D eigenvalue weighted by Gasteiger charge is 2.32. The minimum absolute atomic E-state index is 0.579. The van der Waals surface area contributed by atoms with Crippen LogP contribution in [0.25, 0.3) is 270 Å². The van der Waals surface area contributed by atoms with Gasteiger partial charge in [0.05, 0.1) is 22.6 Å². The van der Waals surface area contributed by atoms with Gasteiger partial charge in [0.1, 0.15) is 77.8 Å². The van der Waals surface area contributed by atoms with Gasteiger partial charge in [0.15, 0.2) is 33.5 Å². The Morgan fingerprint density at radius 3 is 1.06 bits per heavy atom. The van der Waals surface area contributed by atoms with Crippen molar-refractivity contribution in [1.82, 2.24) is 23.7 Å². The Balaban J connectivity index is 0.0000000991. The molecule has 12 heteroatoms. The summed E-state index contributed by atoms with van der Waals surface area (Å²) in [5, 5.41) is 21.2. The minimum atomic E-state index is 0.579. The fraction of sp³-hybridized carbons (Fsp3) is 0. The summed E-state index contributed by atoms with van der Waals surface area (Å²) in [5.74, 6) is 0.579. The number of benzene rings is 18. The number of fused-ring (bicyclic) bond motifs is 31. The number of hydrogen-bond acceptors (Lipinski definition) is 9. The third kappa shape index (κ3) is 9.89. The van der Waals surface area contributed by atoms with Crippen LogP contribution in [-0.2, 0) is 0 Å². The topological polar surface area (TPSA) is 133 Å². The van der Waals surface area contributed by atoms with Gasteiger partial charge in [0, 0.05) is 75.6 Å². The van der Waals surface area contributed by atoms with E-state index in [4.69, 9.17) is 40.9 Å². The third-order valence-corrected chi connectivity index (χ3v) is 25.2. The Hall–Kier alpha value is -17.0. The quantitative estimate of drug-likeness (QED) is 0.118. The molecule has 0 fully saturated rings. The summed E-state index contributed by atoms with van der Waals surface area (Å²) in [6, 6.07) is 133. The summed E-state index contributed by atoms with van der Waals surface area (Å²) < 4.78 is 52.0. The molecule has 11 heterocycles. The van der Waals surface area contributed by atoms with Gasteiger partial charge < -0.3 is 40.1 Å². The van der Waals surface area contributed by atoms with E-state index < -0.39 is 0 Å². The van der Waals surface area contributed by atoms with Crippen LogP contribution in [0.4, 0.5) is 0 Å². The zero-order valence-electron chi connectivity index (χ0n) is 66.0. The summed E-state index contributed by atoms with van der Waals surface area (Å²) >= 11 is 0. The van der Waals surface area contributed by atoms with Crippen LogP contribution in [0.5, 0.6) is 0 Å². The van der Waals surface area contributed by atoms with Crippen LogP contribution in [-0.4, -0.2) is 23.7 Å². The van der Waals surface area contributed by atoms with E-state index in [1.54, 1.807) is 0 Å². The zero-order valence-corrected chi connectivity index (χ0v) is 66.0. The minimum Gasteiger partial charge on any atom is -0.456 e. The van der Waals surface area contributed by atoms with Gasteiger partial charge in [-0.25, -0.2) is 9.97 Å². The second kappa shape index (κ2) is 26.3. The molecule has 29 rings (SSSR count). The van der Waals surface area contributed by atoms with E-state index in [0.29, 0.717) is 17.1 Å². The van der Waals surface area contributed by atoms with E-state index in [1.165, 1.54) is 49.0 Å². The SMILES string of the molecule is c1ccc(-c2ccc(-n3c4c5ccccc5oc4c4oc5ccccc5c43)c3ccccc23)cc1.c1ccc(-c2nc(-n3c4c5ccccc5oc4c4oc5ccccc5c43)nc3c2ccc2ccccc23)cc1.c1ccc2cc3c(cc2c1)oc1ccc(-c2c4ccccc4c(-n4c5c6ccccc6oc5c5oc6ccccc6c54)c4ccccc24)cc13. The van der Waals surface area contributed by atoms with Gasteiger partial charge in [-0.15, -0.1) is 0 Å². The monoisotopic (exact) mass is 1590 g/mol. The van der Waals surface area contributed by atoms with Gasteiger partial charge in [-0.2, -0.15) is 0 Å². The summed E-state index contributed by atoms with van der Waals surface area (Å²) in [6.07, 6.45) is 0. The molecule has 0 unspecified atom stereocenters. The molecule has 0 aliphatic rings. The first-order valence-electron chi connectivity index (χ1n) is 41.7. The van der Waals surface area contributed by atoms with E-state index in [9.17, 15) is 0 Å². The van der Waals surface area contributed by atoms with Crippen molar-refractivity contribution < 1.29 is 30.9 Å². The zero-order chi connectivity index (χ0) is 80.9. The molecule has 0 saturated carbocycles. The van der Waals surface area contributed by atoms with E-state index in [0.717, 1.165) is 204 Å². The first-order valence-corrected chi connectivity index (χ1v) is 41.7. The van der Waals surface area contributed by atoms with E-state index in [-0.39, 0.29) is 0 Å². The van der Waals surface area contributed by atoms with Crippen molar-refractivity contribution in [2.24, 2.45) is 0 Å². The molecule has 18 aromatic carbocycles. The van der Waals surface area contributed by atoms with Gasteiger partial charge >= 0.3 is 0 Å². The predicted octanol–water partition coefficient (Wildman–Crippen LogP) is 31.4. The molecule has 124 heavy (non-hydrogen) atoms. The highest BCUT2D eigenvalue weighted by Crippen LogP contribution is 2.52. The van der Waals surface area contributed by atoms with Crippen LogP contribution in [0.3, 0.4) is 0 Å². The summed E-state index contributed by atoms with van der Waals surface area (Å²) in [4.78, 5) is 10.5. The van der Waals surface area contributed by atoms with Crippen molar-refractivity contribution in [3.8, 4) is 50.8 Å². The lowest BCUT2D eigenvalue weighted by molar-refractivity contribution is 0.634. The van der Waals surface area contributed by atoms with Crippen molar-refractivity contribution in [3.63, 3.8) is 0 Å². The summed E-state index contributed by atoms with van der Waals surface area (Å²) in [5.41, 5.74) is 27.0. The molecule has 0 radical (unpaired) electrons. The number of nitrogens with zero attached hydrogens (tertiary/aromatic N) is 5. The Bertz CT molecular complexity index is 9230. The third-order valence-electron chi connectivity index (χ3n) is 25.2. The molecule has 0 bridgehead atoms. The van der Waals surface area contributed by atoms with E-state index in [2.05, 4.69) is 293 Å². The van der Waals surface area contributed by atoms with Crippen LogP contribution in [0, 0.1) is 0 Å². The molecular formula is C112H63N5O7. The standard InChI is InChI=1S/C46H25NO3.C34H19N3O2.C32H19NO2/c1-2-12-27-25-40-36(23-26(27)11-1)35-24-28(21-22-39(35)48-40)41-29-13-3-5-15-31(29)42(32-16-6-4-14-30(32)41)47-43-33-17-7-9-19-37(33)49-45(43)46-44(47)34-18-8-10-20-38(34)50-46;1-2-11-21(12-3-1)28-25-19-18-20-10-4-5-13-22(20)29(25)36-34(35-28)37-30-23-14-6-8-16-26(23)38-32(30)33-31(37)24-15-7-9-17-27(24)39-33;1-2-10-20(11-3-1)21-18-19-26(23-13-5-4-12-22(21)23)33-29-24-14-6-8-16-27(24)34-31(29)32-30(33)25-15-7-9-17-28(25)35-32/h1-25H;1-19H;1-19H. The Labute approximate surface area is 702 Å². The molecule has 0 N–H and O–H groups in total. The number of rotatable bonds is 6. The Morgan fingerprint density at radius 1 is 0.194 bits per heavy atom. The molecule has 0 atom stereocenters. The molecule has 0 amide bonds. The number of para-hydroxylation sites is 6. The number of hydrogen-bond donors (Lipinski definition) is 0. The van der Waals surface area contributed by atoms with E-state index >= 15 is 0 Å². The normalized spacial score (nSPS) is 12.2. The van der Waals surface area contributed by atoms with E-state index in [1.807, 2.05) is 103 Å². The summed E-state index contributed by atoms with van der Waals surface area (Å²) in [7, 11) is 0. The fourth-order valence-electron chi connectivity index (χ4n) is 19.8. The van der Waals surface area contributed by atoms with Gasteiger partial charge in [0.2, 0.25) is 5.95 Å². The van der Waals surface area contributed by atoms with Crippen molar-refractivity contribution in [1.29, 1.82) is 0 Å². The molecule has 578 valence electrons.